The van der Waals surface area contributed by atoms with E-state index < -0.39 is 0 Å². The Labute approximate surface area is 145 Å². The minimum atomic E-state index is -0.271. The number of aliphatic hydroxyl groups is 1. The number of benzene rings is 1. The van der Waals surface area contributed by atoms with Gasteiger partial charge in [-0.25, -0.2) is 9.37 Å². The van der Waals surface area contributed by atoms with Crippen molar-refractivity contribution in [1.29, 1.82) is 0 Å². The van der Waals surface area contributed by atoms with Crippen LogP contribution in [0.15, 0.2) is 42.7 Å². The van der Waals surface area contributed by atoms with Gasteiger partial charge >= 0.3 is 0 Å². The minimum absolute atomic E-state index is 0.184. The molecular formula is C19H21FN4O. The van der Waals surface area contributed by atoms with Crippen molar-refractivity contribution in [2.24, 2.45) is 0 Å². The second-order valence-electron chi connectivity index (χ2n) is 6.46. The zero-order valence-electron chi connectivity index (χ0n) is 14.0. The third-order valence-corrected chi connectivity index (χ3v) is 4.90. The second-order valence-corrected chi connectivity index (χ2v) is 6.46. The number of hydrogen-bond donors (Lipinski definition) is 1. The lowest BCUT2D eigenvalue weighted by Gasteiger charge is -2.37. The SMILES string of the molecule is OCCC1CCCCN1c1ccnc2c(-c3cccc(F)c3)cnn12. The highest BCUT2D eigenvalue weighted by molar-refractivity contribution is 5.78. The summed E-state index contributed by atoms with van der Waals surface area (Å²) in [6, 6.07) is 8.77. The molecule has 1 saturated heterocycles. The summed E-state index contributed by atoms with van der Waals surface area (Å²) in [5.74, 6) is 0.706. The van der Waals surface area contributed by atoms with Crippen LogP contribution in [0.25, 0.3) is 16.8 Å². The molecule has 0 amide bonds. The average molecular weight is 340 g/mol. The van der Waals surface area contributed by atoms with Crippen LogP contribution in [0.2, 0.25) is 0 Å². The molecule has 0 spiro atoms. The predicted octanol–water partition coefficient (Wildman–Crippen LogP) is 3.28. The molecule has 1 N–H and O–H groups in total. The molecule has 1 unspecified atom stereocenters. The van der Waals surface area contributed by atoms with Crippen molar-refractivity contribution in [2.45, 2.75) is 31.7 Å². The summed E-state index contributed by atoms with van der Waals surface area (Å²) in [4.78, 5) is 6.79. The number of aliphatic hydroxyl groups excluding tert-OH is 1. The van der Waals surface area contributed by atoms with Gasteiger partial charge in [0.1, 0.15) is 11.6 Å². The quantitative estimate of drug-likeness (QED) is 0.792. The molecule has 4 rings (SSSR count). The Hall–Kier alpha value is -2.47. The van der Waals surface area contributed by atoms with Gasteiger partial charge in [-0.2, -0.15) is 9.61 Å². The molecule has 2 aromatic heterocycles. The van der Waals surface area contributed by atoms with Crippen molar-refractivity contribution in [3.05, 3.63) is 48.5 Å². The van der Waals surface area contributed by atoms with E-state index in [1.165, 1.54) is 18.6 Å². The number of hydrogen-bond acceptors (Lipinski definition) is 4. The smallest absolute Gasteiger partial charge is 0.165 e. The molecule has 25 heavy (non-hydrogen) atoms. The Morgan fingerprint density at radius 1 is 1.24 bits per heavy atom. The van der Waals surface area contributed by atoms with Gasteiger partial charge in [-0.15, -0.1) is 0 Å². The lowest BCUT2D eigenvalue weighted by atomic mass is 9.99. The first-order chi connectivity index (χ1) is 12.3. The van der Waals surface area contributed by atoms with Crippen molar-refractivity contribution in [2.75, 3.05) is 18.1 Å². The van der Waals surface area contributed by atoms with Crippen molar-refractivity contribution in [1.82, 2.24) is 14.6 Å². The highest BCUT2D eigenvalue weighted by atomic mass is 19.1. The Morgan fingerprint density at radius 3 is 3.00 bits per heavy atom. The van der Waals surface area contributed by atoms with Gasteiger partial charge in [0.25, 0.3) is 0 Å². The fraction of sp³-hybridized carbons (Fsp3) is 0.368. The summed E-state index contributed by atoms with van der Waals surface area (Å²) < 4.78 is 15.4. The maximum absolute atomic E-state index is 13.6. The van der Waals surface area contributed by atoms with E-state index in [1.807, 2.05) is 16.6 Å². The first kappa shape index (κ1) is 16.0. The van der Waals surface area contributed by atoms with Crippen LogP contribution in [-0.2, 0) is 0 Å². The molecule has 1 aliphatic rings. The molecule has 130 valence electrons. The van der Waals surface area contributed by atoms with Gasteiger partial charge in [-0.1, -0.05) is 12.1 Å². The summed E-state index contributed by atoms with van der Waals surface area (Å²) in [5.41, 5.74) is 2.30. The molecule has 3 heterocycles. The van der Waals surface area contributed by atoms with Gasteiger partial charge in [-0.3, -0.25) is 0 Å². The number of fused-ring (bicyclic) bond motifs is 1. The lowest BCUT2D eigenvalue weighted by Crippen LogP contribution is -2.41. The monoisotopic (exact) mass is 340 g/mol. The predicted molar refractivity (Wildman–Crippen MR) is 95.1 cm³/mol. The fourth-order valence-corrected chi connectivity index (χ4v) is 3.71. The summed E-state index contributed by atoms with van der Waals surface area (Å²) in [6.45, 7) is 1.13. The van der Waals surface area contributed by atoms with Gasteiger partial charge in [0.2, 0.25) is 0 Å². The van der Waals surface area contributed by atoms with Gasteiger partial charge in [-0.05, 0) is 49.4 Å². The molecule has 1 aliphatic heterocycles. The highest BCUT2D eigenvalue weighted by Crippen LogP contribution is 2.30. The van der Waals surface area contributed by atoms with Crippen LogP contribution >= 0.6 is 0 Å². The van der Waals surface area contributed by atoms with Crippen LogP contribution in [0.5, 0.6) is 0 Å². The van der Waals surface area contributed by atoms with Crippen LogP contribution < -0.4 is 4.90 Å². The number of rotatable bonds is 4. The highest BCUT2D eigenvalue weighted by Gasteiger charge is 2.25. The minimum Gasteiger partial charge on any atom is -0.396 e. The standard InChI is InChI=1S/C19H21FN4O/c20-15-5-3-4-14(12-15)17-13-22-24-18(7-9-21-19(17)24)23-10-2-1-6-16(23)8-11-25/h3-5,7,9,12-13,16,25H,1-2,6,8,10-11H2. The summed E-state index contributed by atoms with van der Waals surface area (Å²) >= 11 is 0. The Bertz CT molecular complexity index is 877. The van der Waals surface area contributed by atoms with E-state index in [0.29, 0.717) is 6.04 Å². The van der Waals surface area contributed by atoms with Crippen molar-refractivity contribution < 1.29 is 9.50 Å². The van der Waals surface area contributed by atoms with E-state index in [2.05, 4.69) is 15.0 Å². The van der Waals surface area contributed by atoms with E-state index in [4.69, 9.17) is 0 Å². The van der Waals surface area contributed by atoms with Crippen molar-refractivity contribution in [3.8, 4) is 11.1 Å². The molecule has 1 fully saturated rings. The van der Waals surface area contributed by atoms with Crippen LogP contribution in [0.4, 0.5) is 10.2 Å². The number of nitrogens with zero attached hydrogens (tertiary/aromatic N) is 4. The van der Waals surface area contributed by atoms with Gasteiger partial charge in [0, 0.05) is 31.0 Å². The Morgan fingerprint density at radius 2 is 2.16 bits per heavy atom. The van der Waals surface area contributed by atoms with Crippen molar-refractivity contribution in [3.63, 3.8) is 0 Å². The van der Waals surface area contributed by atoms with E-state index in [1.54, 1.807) is 18.5 Å². The van der Waals surface area contributed by atoms with Gasteiger partial charge in [0.15, 0.2) is 5.65 Å². The molecule has 0 bridgehead atoms. The van der Waals surface area contributed by atoms with Gasteiger partial charge < -0.3 is 10.0 Å². The van der Waals surface area contributed by atoms with E-state index in [-0.39, 0.29) is 12.4 Å². The topological polar surface area (TPSA) is 53.7 Å². The Balaban J connectivity index is 1.79. The zero-order chi connectivity index (χ0) is 17.2. The largest absolute Gasteiger partial charge is 0.396 e. The molecule has 1 aromatic carbocycles. The summed E-state index contributed by atoms with van der Waals surface area (Å²) in [5, 5.41) is 13.9. The normalized spacial score (nSPS) is 18.0. The lowest BCUT2D eigenvalue weighted by molar-refractivity contribution is 0.262. The first-order valence-corrected chi connectivity index (χ1v) is 8.74. The van der Waals surface area contributed by atoms with Crippen LogP contribution in [0, 0.1) is 5.82 Å². The number of anilines is 1. The van der Waals surface area contributed by atoms with E-state index in [0.717, 1.165) is 48.4 Å². The molecule has 0 saturated carbocycles. The summed E-state index contributed by atoms with van der Waals surface area (Å²) in [7, 11) is 0. The fourth-order valence-electron chi connectivity index (χ4n) is 3.71. The first-order valence-electron chi connectivity index (χ1n) is 8.74. The molecular weight excluding hydrogens is 319 g/mol. The maximum Gasteiger partial charge on any atom is 0.165 e. The Kier molecular flexibility index (Phi) is 4.36. The van der Waals surface area contributed by atoms with E-state index in [9.17, 15) is 9.50 Å². The maximum atomic E-state index is 13.6. The van der Waals surface area contributed by atoms with Crippen LogP contribution in [0.1, 0.15) is 25.7 Å². The molecule has 6 heteroatoms. The van der Waals surface area contributed by atoms with Crippen molar-refractivity contribution >= 4 is 11.5 Å². The summed E-state index contributed by atoms with van der Waals surface area (Å²) in [6.07, 6.45) is 7.66. The molecule has 0 radical (unpaired) electrons. The zero-order valence-corrected chi connectivity index (χ0v) is 14.0. The molecule has 5 nitrogen and oxygen atoms in total. The molecule has 3 aromatic rings. The third kappa shape index (κ3) is 2.98. The molecule has 1 atom stereocenters. The number of aromatic nitrogens is 3. The number of piperidine rings is 1. The third-order valence-electron chi connectivity index (χ3n) is 4.90. The average Bonchev–Trinajstić information content (AvgIpc) is 3.07. The van der Waals surface area contributed by atoms with Crippen LogP contribution in [-0.4, -0.2) is 38.9 Å². The number of halogens is 1. The second kappa shape index (κ2) is 6.80. The molecule has 0 aliphatic carbocycles. The van der Waals surface area contributed by atoms with E-state index >= 15 is 0 Å². The van der Waals surface area contributed by atoms with Crippen LogP contribution in [0.3, 0.4) is 0 Å². The van der Waals surface area contributed by atoms with Gasteiger partial charge in [0.05, 0.1) is 6.20 Å².